The molecule has 2 heterocycles. The predicted molar refractivity (Wildman–Crippen MR) is 98.4 cm³/mol. The third-order valence-electron chi connectivity index (χ3n) is 5.71. The van der Waals surface area contributed by atoms with E-state index in [9.17, 15) is 23.3 Å². The summed E-state index contributed by atoms with van der Waals surface area (Å²) in [6.07, 6.45) is -0.957. The van der Waals surface area contributed by atoms with Gasteiger partial charge in [-0.3, -0.25) is 10.1 Å². The summed E-state index contributed by atoms with van der Waals surface area (Å²) >= 11 is 0. The topological polar surface area (TPSA) is 55.6 Å². The Morgan fingerprint density at radius 1 is 1.14 bits per heavy atom. The highest BCUT2D eigenvalue weighted by Crippen LogP contribution is 2.55. The summed E-state index contributed by atoms with van der Waals surface area (Å²) < 4.78 is 46.0. The number of nitrogens with zero attached hydrogens (tertiary/aromatic N) is 2. The van der Waals surface area contributed by atoms with Gasteiger partial charge in [-0.05, 0) is 55.8 Å². The van der Waals surface area contributed by atoms with Crippen molar-refractivity contribution in [2.24, 2.45) is 0 Å². The van der Waals surface area contributed by atoms with Gasteiger partial charge in [0, 0.05) is 30.4 Å². The second-order valence-electron chi connectivity index (χ2n) is 7.52. The normalized spacial score (nSPS) is 22.0. The van der Waals surface area contributed by atoms with Crippen molar-refractivity contribution in [3.05, 3.63) is 69.3 Å². The molecular weight excluding hydrogens is 373 g/mol. The summed E-state index contributed by atoms with van der Waals surface area (Å²) in [6, 6.07) is 7.97. The molecule has 2 aromatic carbocycles. The number of rotatable bonds is 1. The SMILES string of the molecule is CN1c2ccc(C(F)(F)F)cc2C(C)(C)[C@@]12C=Cc1cc([N+](=O)[O-])ccc1O2. The molecule has 0 amide bonds. The van der Waals surface area contributed by atoms with E-state index < -0.39 is 27.8 Å². The molecule has 146 valence electrons. The molecule has 0 aliphatic carbocycles. The first-order valence-electron chi connectivity index (χ1n) is 8.60. The van der Waals surface area contributed by atoms with E-state index in [1.807, 2.05) is 18.7 Å². The minimum atomic E-state index is -4.44. The van der Waals surface area contributed by atoms with Crippen LogP contribution in [0.25, 0.3) is 6.08 Å². The maximum absolute atomic E-state index is 13.2. The number of benzene rings is 2. The molecule has 0 unspecified atom stereocenters. The fourth-order valence-electron chi connectivity index (χ4n) is 4.09. The van der Waals surface area contributed by atoms with Gasteiger partial charge in [-0.1, -0.05) is 0 Å². The van der Waals surface area contributed by atoms with Gasteiger partial charge in [0.2, 0.25) is 5.72 Å². The largest absolute Gasteiger partial charge is 0.463 e. The molecule has 0 bridgehead atoms. The zero-order valence-electron chi connectivity index (χ0n) is 15.4. The molecule has 0 fully saturated rings. The van der Waals surface area contributed by atoms with Crippen LogP contribution >= 0.6 is 0 Å². The van der Waals surface area contributed by atoms with E-state index >= 15 is 0 Å². The minimum absolute atomic E-state index is 0.0555. The first-order chi connectivity index (χ1) is 13.0. The molecule has 4 rings (SSSR count). The lowest BCUT2D eigenvalue weighted by Crippen LogP contribution is -2.58. The van der Waals surface area contributed by atoms with Crippen molar-refractivity contribution in [2.45, 2.75) is 31.2 Å². The van der Waals surface area contributed by atoms with Crippen LogP contribution < -0.4 is 9.64 Å². The molecule has 28 heavy (non-hydrogen) atoms. The molecule has 8 heteroatoms. The third kappa shape index (κ3) is 2.33. The molecule has 0 N–H and O–H groups in total. The summed E-state index contributed by atoms with van der Waals surface area (Å²) in [4.78, 5) is 12.3. The van der Waals surface area contributed by atoms with E-state index in [1.165, 1.54) is 30.3 Å². The number of fused-ring (bicyclic) bond motifs is 2. The Balaban J connectivity index is 1.83. The quantitative estimate of drug-likeness (QED) is 0.500. The van der Waals surface area contributed by atoms with Gasteiger partial charge in [0.1, 0.15) is 5.75 Å². The zero-order chi connectivity index (χ0) is 20.5. The summed E-state index contributed by atoms with van der Waals surface area (Å²) in [5.74, 6) is 0.442. The van der Waals surface area contributed by atoms with Crippen molar-refractivity contribution < 1.29 is 22.8 Å². The Morgan fingerprint density at radius 3 is 2.50 bits per heavy atom. The standard InChI is InChI=1S/C20H17F3N2O3/c1-18(2)15-11-13(20(21,22)23)4-6-16(15)24(3)19(18)9-8-12-10-14(25(26)27)5-7-17(12)28-19/h4-11H,1-3H3/t19-/m0/s1. The number of nitro benzene ring substituents is 1. The average molecular weight is 390 g/mol. The lowest BCUT2D eigenvalue weighted by atomic mass is 9.76. The Bertz CT molecular complexity index is 1030. The highest BCUT2D eigenvalue weighted by atomic mass is 19.4. The number of alkyl halides is 3. The van der Waals surface area contributed by atoms with Crippen LogP contribution in [0.4, 0.5) is 24.5 Å². The number of non-ortho nitro benzene ring substituents is 1. The number of likely N-dealkylation sites (N-methyl/N-ethyl adjacent to an activating group) is 1. The Labute approximate surface area is 159 Å². The fourth-order valence-corrected chi connectivity index (χ4v) is 4.09. The van der Waals surface area contributed by atoms with Crippen molar-refractivity contribution in [3.8, 4) is 5.75 Å². The van der Waals surface area contributed by atoms with Crippen LogP contribution in [0.1, 0.15) is 30.5 Å². The summed E-state index contributed by atoms with van der Waals surface area (Å²) in [5, 5.41) is 11.0. The Morgan fingerprint density at radius 2 is 1.86 bits per heavy atom. The predicted octanol–water partition coefficient (Wildman–Crippen LogP) is 5.14. The van der Waals surface area contributed by atoms with E-state index in [1.54, 1.807) is 19.2 Å². The van der Waals surface area contributed by atoms with Crippen LogP contribution in [0.3, 0.4) is 0 Å². The average Bonchev–Trinajstić information content (AvgIpc) is 2.79. The van der Waals surface area contributed by atoms with E-state index in [0.717, 1.165) is 6.07 Å². The number of hydrogen-bond donors (Lipinski definition) is 0. The van der Waals surface area contributed by atoms with Crippen LogP contribution in [0.2, 0.25) is 0 Å². The molecule has 1 spiro atoms. The highest BCUT2D eigenvalue weighted by molar-refractivity contribution is 5.73. The van der Waals surface area contributed by atoms with Crippen LogP contribution in [0.5, 0.6) is 5.75 Å². The van der Waals surface area contributed by atoms with Crippen LogP contribution in [0, 0.1) is 10.1 Å². The van der Waals surface area contributed by atoms with E-state index in [2.05, 4.69) is 0 Å². The lowest BCUT2D eigenvalue weighted by molar-refractivity contribution is -0.384. The van der Waals surface area contributed by atoms with Crippen LogP contribution in [-0.2, 0) is 11.6 Å². The second-order valence-corrected chi connectivity index (χ2v) is 7.52. The summed E-state index contributed by atoms with van der Waals surface area (Å²) in [7, 11) is 1.77. The van der Waals surface area contributed by atoms with Gasteiger partial charge in [0.25, 0.3) is 5.69 Å². The molecular formula is C20H17F3N2O3. The molecule has 0 radical (unpaired) electrons. The highest BCUT2D eigenvalue weighted by Gasteiger charge is 2.58. The molecule has 0 aromatic heterocycles. The van der Waals surface area contributed by atoms with Gasteiger partial charge in [0.15, 0.2) is 0 Å². The van der Waals surface area contributed by atoms with E-state index in [4.69, 9.17) is 4.74 Å². The van der Waals surface area contributed by atoms with Crippen molar-refractivity contribution in [2.75, 3.05) is 11.9 Å². The number of anilines is 1. The van der Waals surface area contributed by atoms with Gasteiger partial charge in [-0.2, -0.15) is 13.2 Å². The molecule has 2 aromatic rings. The second kappa shape index (κ2) is 5.50. The maximum atomic E-state index is 13.2. The van der Waals surface area contributed by atoms with Crippen molar-refractivity contribution in [3.63, 3.8) is 0 Å². The van der Waals surface area contributed by atoms with E-state index in [0.29, 0.717) is 22.6 Å². The maximum Gasteiger partial charge on any atom is 0.416 e. The summed E-state index contributed by atoms with van der Waals surface area (Å²) in [5.41, 5.74) is -0.902. The van der Waals surface area contributed by atoms with E-state index in [-0.39, 0.29) is 5.69 Å². The lowest BCUT2D eigenvalue weighted by Gasteiger charge is -2.45. The van der Waals surface area contributed by atoms with Gasteiger partial charge < -0.3 is 9.64 Å². The monoisotopic (exact) mass is 390 g/mol. The number of ether oxygens (including phenoxy) is 1. The fraction of sp³-hybridized carbons (Fsp3) is 0.300. The zero-order valence-corrected chi connectivity index (χ0v) is 15.4. The molecule has 2 aliphatic rings. The number of nitro groups is 1. The van der Waals surface area contributed by atoms with Crippen LogP contribution in [-0.4, -0.2) is 17.7 Å². The Hall–Kier alpha value is -3.03. The van der Waals surface area contributed by atoms with Gasteiger partial charge in [-0.25, -0.2) is 0 Å². The van der Waals surface area contributed by atoms with Crippen molar-refractivity contribution in [1.29, 1.82) is 0 Å². The Kier molecular flexibility index (Phi) is 3.60. The van der Waals surface area contributed by atoms with Crippen LogP contribution in [0.15, 0.2) is 42.5 Å². The molecule has 0 saturated carbocycles. The molecule has 2 aliphatic heterocycles. The van der Waals surface area contributed by atoms with Gasteiger partial charge in [-0.15, -0.1) is 0 Å². The van der Waals surface area contributed by atoms with Gasteiger partial charge >= 0.3 is 6.18 Å². The smallest absolute Gasteiger partial charge is 0.416 e. The van der Waals surface area contributed by atoms with Crippen molar-refractivity contribution in [1.82, 2.24) is 0 Å². The first kappa shape index (κ1) is 18.3. The number of hydrogen-bond acceptors (Lipinski definition) is 4. The minimum Gasteiger partial charge on any atom is -0.463 e. The third-order valence-corrected chi connectivity index (χ3v) is 5.71. The van der Waals surface area contributed by atoms with Crippen molar-refractivity contribution >= 4 is 17.5 Å². The molecule has 1 atom stereocenters. The number of halogens is 3. The van der Waals surface area contributed by atoms with Gasteiger partial charge in [0.05, 0.1) is 15.9 Å². The first-order valence-corrected chi connectivity index (χ1v) is 8.60. The molecule has 0 saturated heterocycles. The summed E-state index contributed by atoms with van der Waals surface area (Å²) in [6.45, 7) is 3.66. The molecule has 5 nitrogen and oxygen atoms in total.